The molecule has 0 saturated carbocycles. The van der Waals surface area contributed by atoms with E-state index >= 15 is 0 Å². The van der Waals surface area contributed by atoms with Crippen LogP contribution >= 0.6 is 11.3 Å². The maximum Gasteiger partial charge on any atom is 0.194 e. The second kappa shape index (κ2) is 5.25. The molecule has 4 rings (SSSR count). The van der Waals surface area contributed by atoms with Crippen molar-refractivity contribution in [2.24, 2.45) is 16.8 Å². The molecule has 4 unspecified atom stereocenters. The zero-order chi connectivity index (χ0) is 14.4. The molecule has 4 atom stereocenters. The molecule has 0 amide bonds. The van der Waals surface area contributed by atoms with E-state index < -0.39 is 0 Å². The van der Waals surface area contributed by atoms with Gasteiger partial charge in [0.25, 0.3) is 0 Å². The third-order valence-corrected chi connectivity index (χ3v) is 6.00. The summed E-state index contributed by atoms with van der Waals surface area (Å²) in [5.74, 6) is 2.44. The number of ether oxygens (including phenoxy) is 1. The average molecular weight is 306 g/mol. The fourth-order valence-electron chi connectivity index (χ4n) is 4.10. The molecule has 4 heterocycles. The minimum absolute atomic E-state index is 0.504. The first-order valence-electron chi connectivity index (χ1n) is 7.76. The number of aliphatic imine (C=N–C) groups is 1. The van der Waals surface area contributed by atoms with E-state index in [4.69, 9.17) is 4.74 Å². The van der Waals surface area contributed by atoms with Gasteiger partial charge < -0.3 is 15.0 Å². The highest BCUT2D eigenvalue weighted by molar-refractivity contribution is 7.09. The Morgan fingerprint density at radius 1 is 1.43 bits per heavy atom. The molecule has 0 aromatic carbocycles. The average Bonchev–Trinajstić information content (AvgIpc) is 3.20. The topological polar surface area (TPSA) is 49.8 Å². The van der Waals surface area contributed by atoms with Gasteiger partial charge in [0.2, 0.25) is 0 Å². The zero-order valence-electron chi connectivity index (χ0n) is 12.6. The van der Waals surface area contributed by atoms with Gasteiger partial charge in [-0.2, -0.15) is 0 Å². The highest BCUT2D eigenvalue weighted by Gasteiger charge is 2.53. The van der Waals surface area contributed by atoms with Crippen LogP contribution in [0.4, 0.5) is 0 Å². The van der Waals surface area contributed by atoms with Gasteiger partial charge in [-0.1, -0.05) is 0 Å². The fourth-order valence-corrected chi connectivity index (χ4v) is 4.82. The Bertz CT molecular complexity index is 540. The Morgan fingerprint density at radius 3 is 2.71 bits per heavy atom. The van der Waals surface area contributed by atoms with Crippen LogP contribution in [0.2, 0.25) is 0 Å². The van der Waals surface area contributed by atoms with Crippen LogP contribution < -0.4 is 5.32 Å². The number of rotatable bonds is 2. The van der Waals surface area contributed by atoms with Gasteiger partial charge in [0.05, 0.1) is 18.8 Å². The quantitative estimate of drug-likeness (QED) is 0.666. The van der Waals surface area contributed by atoms with E-state index in [1.54, 1.807) is 11.3 Å². The van der Waals surface area contributed by atoms with E-state index in [0.717, 1.165) is 36.3 Å². The first kappa shape index (κ1) is 13.5. The number of nitrogens with zero attached hydrogens (tertiary/aromatic N) is 3. The molecule has 3 aliphatic heterocycles. The first-order valence-corrected chi connectivity index (χ1v) is 8.64. The van der Waals surface area contributed by atoms with Gasteiger partial charge >= 0.3 is 0 Å². The van der Waals surface area contributed by atoms with Crippen molar-refractivity contribution < 1.29 is 4.74 Å². The van der Waals surface area contributed by atoms with Gasteiger partial charge in [0, 0.05) is 43.0 Å². The third kappa shape index (κ3) is 2.34. The van der Waals surface area contributed by atoms with Crippen molar-refractivity contribution in [1.82, 2.24) is 15.2 Å². The van der Waals surface area contributed by atoms with Crippen molar-refractivity contribution in [2.45, 2.75) is 38.5 Å². The Hall–Kier alpha value is -1.14. The number of thiazole rings is 1. The molecule has 3 aliphatic rings. The second-order valence-corrected chi connectivity index (χ2v) is 7.25. The Labute approximate surface area is 129 Å². The number of fused-ring (bicyclic) bond motifs is 5. The summed E-state index contributed by atoms with van der Waals surface area (Å²) in [5, 5.41) is 6.68. The van der Waals surface area contributed by atoms with E-state index in [9.17, 15) is 0 Å². The molecule has 114 valence electrons. The summed E-state index contributed by atoms with van der Waals surface area (Å²) in [7, 11) is 1.87. The summed E-state index contributed by atoms with van der Waals surface area (Å²) in [5.41, 5.74) is 1.09. The molecule has 1 N–H and O–H groups in total. The lowest BCUT2D eigenvalue weighted by atomic mass is 9.82. The van der Waals surface area contributed by atoms with Gasteiger partial charge in [-0.05, 0) is 19.8 Å². The van der Waals surface area contributed by atoms with Gasteiger partial charge in [0.1, 0.15) is 5.01 Å². The molecule has 0 spiro atoms. The van der Waals surface area contributed by atoms with E-state index in [-0.39, 0.29) is 0 Å². The molecule has 6 heteroatoms. The highest BCUT2D eigenvalue weighted by Crippen LogP contribution is 2.47. The maximum absolute atomic E-state index is 6.04. The number of hydrogen-bond acceptors (Lipinski definition) is 4. The minimum Gasteiger partial charge on any atom is -0.374 e. The van der Waals surface area contributed by atoms with Crippen LogP contribution in [0.15, 0.2) is 10.4 Å². The van der Waals surface area contributed by atoms with Crippen LogP contribution in [-0.4, -0.2) is 48.2 Å². The monoisotopic (exact) mass is 306 g/mol. The van der Waals surface area contributed by atoms with Crippen molar-refractivity contribution >= 4 is 17.3 Å². The van der Waals surface area contributed by atoms with Crippen molar-refractivity contribution in [3.8, 4) is 0 Å². The third-order valence-electron chi connectivity index (χ3n) is 5.03. The Morgan fingerprint density at radius 2 is 2.14 bits per heavy atom. The summed E-state index contributed by atoms with van der Waals surface area (Å²) in [4.78, 5) is 11.4. The van der Waals surface area contributed by atoms with Crippen molar-refractivity contribution in [3.05, 3.63) is 16.1 Å². The molecular formula is C15H22N4OS. The van der Waals surface area contributed by atoms with Crippen molar-refractivity contribution in [3.63, 3.8) is 0 Å². The maximum atomic E-state index is 6.04. The molecule has 5 nitrogen and oxygen atoms in total. The summed E-state index contributed by atoms with van der Waals surface area (Å²) < 4.78 is 6.04. The van der Waals surface area contributed by atoms with E-state index in [2.05, 4.69) is 25.6 Å². The fraction of sp³-hybridized carbons (Fsp3) is 0.733. The lowest BCUT2D eigenvalue weighted by molar-refractivity contribution is 0.0767. The number of aryl methyl sites for hydroxylation is 1. The number of guanidine groups is 1. The van der Waals surface area contributed by atoms with Crippen molar-refractivity contribution in [1.29, 1.82) is 0 Å². The van der Waals surface area contributed by atoms with E-state index in [0.29, 0.717) is 24.0 Å². The number of likely N-dealkylation sites (tertiary alicyclic amines) is 1. The molecule has 0 radical (unpaired) electrons. The first-order chi connectivity index (χ1) is 10.2. The van der Waals surface area contributed by atoms with Gasteiger partial charge in [-0.25, -0.2) is 4.98 Å². The smallest absolute Gasteiger partial charge is 0.194 e. The van der Waals surface area contributed by atoms with Crippen molar-refractivity contribution in [2.75, 3.05) is 20.1 Å². The standard InChI is InChI=1S/C15H22N4OS/c1-9-8-21-14(18-9)5-17-15(16-2)19-6-10-11(7-19)13-4-3-12(10)20-13/h8,10-13H,3-7H2,1-2H3,(H,16,17). The van der Waals surface area contributed by atoms with Crippen LogP contribution in [0.1, 0.15) is 23.5 Å². The molecule has 1 aromatic rings. The molecule has 21 heavy (non-hydrogen) atoms. The van der Waals surface area contributed by atoms with E-state index in [1.807, 2.05) is 14.0 Å². The number of nitrogens with one attached hydrogen (secondary N) is 1. The summed E-state index contributed by atoms with van der Waals surface area (Å²) in [6.07, 6.45) is 3.52. The lowest BCUT2D eigenvalue weighted by Crippen LogP contribution is -2.40. The number of hydrogen-bond donors (Lipinski definition) is 1. The SMILES string of the molecule is CN=C(NCc1nc(C)cs1)N1CC2C3CCC(O3)C2C1. The minimum atomic E-state index is 0.504. The van der Waals surface area contributed by atoms with E-state index in [1.165, 1.54) is 12.8 Å². The predicted octanol–water partition coefficient (Wildman–Crippen LogP) is 1.64. The summed E-state index contributed by atoms with van der Waals surface area (Å²) in [6, 6.07) is 0. The number of aromatic nitrogens is 1. The second-order valence-electron chi connectivity index (χ2n) is 6.31. The van der Waals surface area contributed by atoms with Gasteiger partial charge in [0.15, 0.2) is 5.96 Å². The van der Waals surface area contributed by atoms with Crippen LogP contribution in [0.5, 0.6) is 0 Å². The highest BCUT2D eigenvalue weighted by atomic mass is 32.1. The molecule has 2 bridgehead atoms. The molecule has 3 fully saturated rings. The molecule has 3 saturated heterocycles. The largest absolute Gasteiger partial charge is 0.374 e. The molecular weight excluding hydrogens is 284 g/mol. The predicted molar refractivity (Wildman–Crippen MR) is 83.5 cm³/mol. The summed E-state index contributed by atoms with van der Waals surface area (Å²) in [6.45, 7) is 4.97. The van der Waals surface area contributed by atoms with Crippen LogP contribution in [-0.2, 0) is 11.3 Å². The summed E-state index contributed by atoms with van der Waals surface area (Å²) >= 11 is 1.70. The zero-order valence-corrected chi connectivity index (χ0v) is 13.4. The Kier molecular flexibility index (Phi) is 3.38. The molecule has 1 aromatic heterocycles. The normalized spacial score (nSPS) is 34.6. The van der Waals surface area contributed by atoms with Crippen LogP contribution in [0.25, 0.3) is 0 Å². The van der Waals surface area contributed by atoms with Crippen LogP contribution in [0.3, 0.4) is 0 Å². The van der Waals surface area contributed by atoms with Gasteiger partial charge in [-0.3, -0.25) is 4.99 Å². The lowest BCUT2D eigenvalue weighted by Gasteiger charge is -2.23. The van der Waals surface area contributed by atoms with Crippen LogP contribution in [0, 0.1) is 18.8 Å². The Balaban J connectivity index is 1.39. The van der Waals surface area contributed by atoms with Gasteiger partial charge in [-0.15, -0.1) is 11.3 Å². The molecule has 0 aliphatic carbocycles.